The maximum absolute atomic E-state index is 13.5. The third-order valence-electron chi connectivity index (χ3n) is 3.37. The Bertz CT molecular complexity index is 746. The first kappa shape index (κ1) is 16.5. The highest BCUT2D eigenvalue weighted by Crippen LogP contribution is 2.27. The van der Waals surface area contributed by atoms with E-state index in [4.69, 9.17) is 4.74 Å². The second-order valence-corrected chi connectivity index (χ2v) is 4.93. The number of methoxy groups -OCH3 is 1. The highest BCUT2D eigenvalue weighted by atomic mass is 19.1. The fraction of sp³-hybridized carbons (Fsp3) is 0.176. The summed E-state index contributed by atoms with van der Waals surface area (Å²) in [5.74, 6) is -0.620. The average Bonchev–Trinajstić information content (AvgIpc) is 2.54. The number of nitrogens with one attached hydrogen (secondary N) is 1. The second-order valence-electron chi connectivity index (χ2n) is 4.93. The van der Waals surface area contributed by atoms with E-state index in [0.717, 1.165) is 0 Å². The number of rotatable bonds is 4. The number of carbonyl (C=O) groups excluding carboxylic acids is 2. The molecule has 2 aromatic carbocycles. The molecule has 6 heteroatoms. The summed E-state index contributed by atoms with van der Waals surface area (Å²) in [6.07, 6.45) is 0. The number of benzene rings is 2. The predicted octanol–water partition coefficient (Wildman–Crippen LogP) is 3.07. The molecule has 5 nitrogen and oxygen atoms in total. The van der Waals surface area contributed by atoms with Gasteiger partial charge in [0.1, 0.15) is 11.6 Å². The summed E-state index contributed by atoms with van der Waals surface area (Å²) in [6, 6.07) is 10.4. The van der Waals surface area contributed by atoms with Crippen LogP contribution in [0.15, 0.2) is 42.5 Å². The SMILES string of the molecule is COc1cccc(C(=O)Nc2cc(F)ccc2N(C)C(C)=O)c1. The Labute approximate surface area is 133 Å². The molecule has 0 unspecified atom stereocenters. The van der Waals surface area contributed by atoms with Crippen LogP contribution < -0.4 is 15.0 Å². The first-order valence-corrected chi connectivity index (χ1v) is 6.91. The first-order chi connectivity index (χ1) is 10.9. The largest absolute Gasteiger partial charge is 0.497 e. The van der Waals surface area contributed by atoms with Gasteiger partial charge in [-0.2, -0.15) is 0 Å². The molecule has 0 fully saturated rings. The van der Waals surface area contributed by atoms with E-state index < -0.39 is 11.7 Å². The minimum atomic E-state index is -0.508. The van der Waals surface area contributed by atoms with Crippen LogP contribution in [0, 0.1) is 5.82 Å². The second kappa shape index (κ2) is 6.91. The molecule has 2 amide bonds. The summed E-state index contributed by atoms with van der Waals surface area (Å²) in [5.41, 5.74) is 0.996. The lowest BCUT2D eigenvalue weighted by Gasteiger charge is -2.19. The lowest BCUT2D eigenvalue weighted by Crippen LogP contribution is -2.25. The molecule has 0 aliphatic heterocycles. The van der Waals surface area contributed by atoms with Crippen molar-refractivity contribution < 1.29 is 18.7 Å². The monoisotopic (exact) mass is 316 g/mol. The topological polar surface area (TPSA) is 58.6 Å². The van der Waals surface area contributed by atoms with Crippen molar-refractivity contribution in [2.24, 2.45) is 0 Å². The van der Waals surface area contributed by atoms with Gasteiger partial charge in [-0.3, -0.25) is 9.59 Å². The fourth-order valence-electron chi connectivity index (χ4n) is 2.03. The van der Waals surface area contributed by atoms with Gasteiger partial charge < -0.3 is 15.0 Å². The highest BCUT2D eigenvalue weighted by Gasteiger charge is 2.15. The van der Waals surface area contributed by atoms with Crippen molar-refractivity contribution in [1.29, 1.82) is 0 Å². The molecule has 2 rings (SSSR count). The van der Waals surface area contributed by atoms with Gasteiger partial charge in [0.05, 0.1) is 18.5 Å². The molecule has 120 valence electrons. The van der Waals surface area contributed by atoms with Crippen molar-refractivity contribution in [3.05, 3.63) is 53.8 Å². The summed E-state index contributed by atoms with van der Waals surface area (Å²) in [6.45, 7) is 1.39. The Kier molecular flexibility index (Phi) is 4.95. The molecule has 0 atom stereocenters. The predicted molar refractivity (Wildman–Crippen MR) is 86.4 cm³/mol. The quantitative estimate of drug-likeness (QED) is 0.943. The zero-order valence-corrected chi connectivity index (χ0v) is 13.1. The number of halogens is 1. The van der Waals surface area contributed by atoms with E-state index in [0.29, 0.717) is 17.0 Å². The number of anilines is 2. The molecule has 0 aliphatic rings. The third kappa shape index (κ3) is 3.85. The van der Waals surface area contributed by atoms with Gasteiger partial charge in [-0.15, -0.1) is 0 Å². The van der Waals surface area contributed by atoms with Crippen LogP contribution in [0.2, 0.25) is 0 Å². The molecule has 1 N–H and O–H groups in total. The molecule has 0 spiro atoms. The maximum atomic E-state index is 13.5. The van der Waals surface area contributed by atoms with Crippen LogP contribution in [0.1, 0.15) is 17.3 Å². The van der Waals surface area contributed by atoms with Crippen LogP contribution in [0.25, 0.3) is 0 Å². The van der Waals surface area contributed by atoms with Crippen molar-refractivity contribution >= 4 is 23.2 Å². The lowest BCUT2D eigenvalue weighted by molar-refractivity contribution is -0.116. The molecule has 0 aromatic heterocycles. The molecule has 0 saturated heterocycles. The van der Waals surface area contributed by atoms with Crippen LogP contribution >= 0.6 is 0 Å². The molecule has 0 aliphatic carbocycles. The molecule has 0 radical (unpaired) electrons. The highest BCUT2D eigenvalue weighted by molar-refractivity contribution is 6.07. The number of hydrogen-bond acceptors (Lipinski definition) is 3. The Hall–Kier alpha value is -2.89. The Balaban J connectivity index is 2.33. The van der Waals surface area contributed by atoms with Gasteiger partial charge in [0.25, 0.3) is 5.91 Å². The van der Waals surface area contributed by atoms with Gasteiger partial charge in [-0.05, 0) is 36.4 Å². The van der Waals surface area contributed by atoms with E-state index in [1.54, 1.807) is 31.3 Å². The summed E-state index contributed by atoms with van der Waals surface area (Å²) in [4.78, 5) is 25.2. The van der Waals surface area contributed by atoms with Gasteiger partial charge in [0.15, 0.2) is 0 Å². The van der Waals surface area contributed by atoms with Gasteiger partial charge in [0.2, 0.25) is 5.91 Å². The molecule has 0 saturated carbocycles. The van der Waals surface area contributed by atoms with E-state index in [-0.39, 0.29) is 11.6 Å². The Morgan fingerprint density at radius 1 is 1.17 bits per heavy atom. The zero-order chi connectivity index (χ0) is 17.0. The number of ether oxygens (including phenoxy) is 1. The van der Waals surface area contributed by atoms with Crippen molar-refractivity contribution in [3.8, 4) is 5.75 Å². The minimum Gasteiger partial charge on any atom is -0.497 e. The van der Waals surface area contributed by atoms with Crippen LogP contribution in [-0.4, -0.2) is 26.0 Å². The average molecular weight is 316 g/mol. The first-order valence-electron chi connectivity index (χ1n) is 6.91. The van der Waals surface area contributed by atoms with Crippen LogP contribution in [0.5, 0.6) is 5.75 Å². The molecule has 23 heavy (non-hydrogen) atoms. The smallest absolute Gasteiger partial charge is 0.255 e. The van der Waals surface area contributed by atoms with E-state index in [1.165, 1.54) is 37.1 Å². The maximum Gasteiger partial charge on any atom is 0.255 e. The number of nitrogens with zero attached hydrogens (tertiary/aromatic N) is 1. The molecular formula is C17H17FN2O3. The molecule has 2 aromatic rings. The number of hydrogen-bond donors (Lipinski definition) is 1. The standard InChI is InChI=1S/C17H17FN2O3/c1-11(21)20(2)16-8-7-13(18)10-15(16)19-17(22)12-5-4-6-14(9-12)23-3/h4-10H,1-3H3,(H,19,22). The zero-order valence-electron chi connectivity index (χ0n) is 13.1. The summed E-state index contributed by atoms with van der Waals surface area (Å²) in [5, 5.41) is 2.63. The minimum absolute atomic E-state index is 0.218. The normalized spacial score (nSPS) is 10.1. The van der Waals surface area contributed by atoms with Crippen LogP contribution in [0.4, 0.5) is 15.8 Å². The van der Waals surface area contributed by atoms with Gasteiger partial charge in [0, 0.05) is 19.5 Å². The number of carbonyl (C=O) groups is 2. The van der Waals surface area contributed by atoms with Crippen LogP contribution in [0.3, 0.4) is 0 Å². The fourth-order valence-corrected chi connectivity index (χ4v) is 2.03. The van der Waals surface area contributed by atoms with Crippen molar-refractivity contribution in [2.45, 2.75) is 6.92 Å². The van der Waals surface area contributed by atoms with Crippen LogP contribution in [-0.2, 0) is 4.79 Å². The summed E-state index contributed by atoms with van der Waals surface area (Å²) >= 11 is 0. The lowest BCUT2D eigenvalue weighted by atomic mass is 10.2. The molecular weight excluding hydrogens is 299 g/mol. The van der Waals surface area contributed by atoms with E-state index in [2.05, 4.69) is 5.32 Å². The Morgan fingerprint density at radius 3 is 2.57 bits per heavy atom. The van der Waals surface area contributed by atoms with E-state index >= 15 is 0 Å². The molecule has 0 heterocycles. The summed E-state index contributed by atoms with van der Waals surface area (Å²) < 4.78 is 18.6. The van der Waals surface area contributed by atoms with E-state index in [1.807, 2.05) is 0 Å². The third-order valence-corrected chi connectivity index (χ3v) is 3.37. The van der Waals surface area contributed by atoms with Crippen molar-refractivity contribution in [3.63, 3.8) is 0 Å². The van der Waals surface area contributed by atoms with Gasteiger partial charge in [-0.25, -0.2) is 4.39 Å². The number of amides is 2. The molecule has 0 bridgehead atoms. The van der Waals surface area contributed by atoms with E-state index in [9.17, 15) is 14.0 Å². The van der Waals surface area contributed by atoms with Gasteiger partial charge >= 0.3 is 0 Å². The van der Waals surface area contributed by atoms with Crippen molar-refractivity contribution in [1.82, 2.24) is 0 Å². The van der Waals surface area contributed by atoms with Crippen molar-refractivity contribution in [2.75, 3.05) is 24.4 Å². The summed E-state index contributed by atoms with van der Waals surface area (Å²) in [7, 11) is 3.06. The van der Waals surface area contributed by atoms with Gasteiger partial charge in [-0.1, -0.05) is 6.07 Å². The Morgan fingerprint density at radius 2 is 1.91 bits per heavy atom.